The summed E-state index contributed by atoms with van der Waals surface area (Å²) in [6.07, 6.45) is 16.4. The molecule has 0 bridgehead atoms. The molecule has 0 aromatic rings. The molecular formula is C35H60N2O4+2. The average molecular weight is 573 g/mol. The summed E-state index contributed by atoms with van der Waals surface area (Å²) in [7, 11) is 4.94. The molecule has 0 aromatic carbocycles. The van der Waals surface area contributed by atoms with Gasteiger partial charge in [-0.15, -0.1) is 0 Å². The molecule has 4 saturated carbocycles. The van der Waals surface area contributed by atoms with E-state index in [2.05, 4.69) is 27.9 Å². The van der Waals surface area contributed by atoms with Gasteiger partial charge in [-0.3, -0.25) is 9.59 Å². The zero-order chi connectivity index (χ0) is 29.2. The summed E-state index contributed by atoms with van der Waals surface area (Å²) in [5.41, 5.74) is 0.377. The largest absolute Gasteiger partial charge is 0.456 e. The highest BCUT2D eigenvalue weighted by molar-refractivity contribution is 5.66. The van der Waals surface area contributed by atoms with Crippen molar-refractivity contribution < 1.29 is 28.0 Å². The molecule has 10 atom stereocenters. The molecule has 6 heteroatoms. The Balaban J connectivity index is 1.31. The van der Waals surface area contributed by atoms with Crippen LogP contribution in [0.25, 0.3) is 0 Å². The normalized spacial score (nSPS) is 46.9. The van der Waals surface area contributed by atoms with Gasteiger partial charge in [-0.2, -0.15) is 0 Å². The van der Waals surface area contributed by atoms with Gasteiger partial charge in [0.2, 0.25) is 0 Å². The maximum Gasteiger partial charge on any atom is 0.303 e. The van der Waals surface area contributed by atoms with Crippen molar-refractivity contribution in [1.29, 1.82) is 0 Å². The zero-order valence-electron chi connectivity index (χ0n) is 27.2. The number of likely N-dealkylation sites (tertiary alicyclic amines) is 2. The predicted molar refractivity (Wildman–Crippen MR) is 161 cm³/mol. The third-order valence-electron chi connectivity index (χ3n) is 14.5. The van der Waals surface area contributed by atoms with Crippen molar-refractivity contribution in [2.45, 2.75) is 135 Å². The molecule has 232 valence electrons. The quantitative estimate of drug-likeness (QED) is 0.301. The fourth-order valence-corrected chi connectivity index (χ4v) is 12.3. The minimum atomic E-state index is -0.0998. The highest BCUT2D eigenvalue weighted by Crippen LogP contribution is 2.68. The van der Waals surface area contributed by atoms with Crippen LogP contribution in [0, 0.1) is 34.5 Å². The Labute approximate surface area is 250 Å². The molecule has 0 radical (unpaired) electrons. The number of esters is 2. The molecular weight excluding hydrogens is 512 g/mol. The minimum Gasteiger partial charge on any atom is -0.456 e. The van der Waals surface area contributed by atoms with Crippen LogP contribution in [0.2, 0.25) is 0 Å². The lowest BCUT2D eigenvalue weighted by Gasteiger charge is -2.63. The Morgan fingerprint density at radius 2 is 1.27 bits per heavy atom. The van der Waals surface area contributed by atoms with E-state index in [0.717, 1.165) is 21.3 Å². The fraction of sp³-hybridized carbons (Fsp3) is 0.943. The van der Waals surface area contributed by atoms with E-state index in [9.17, 15) is 9.59 Å². The molecule has 2 saturated heterocycles. The number of carbonyl (C=O) groups is 2. The van der Waals surface area contributed by atoms with Gasteiger partial charge < -0.3 is 18.4 Å². The Hall–Kier alpha value is -1.14. The molecule has 2 aliphatic heterocycles. The smallest absolute Gasteiger partial charge is 0.303 e. The van der Waals surface area contributed by atoms with Crippen molar-refractivity contribution in [2.24, 2.45) is 34.5 Å². The molecule has 4 aliphatic carbocycles. The van der Waals surface area contributed by atoms with Crippen LogP contribution in [-0.2, 0) is 19.1 Å². The second kappa shape index (κ2) is 10.8. The summed E-state index contributed by atoms with van der Waals surface area (Å²) in [5, 5.41) is 0. The van der Waals surface area contributed by atoms with E-state index in [4.69, 9.17) is 9.47 Å². The zero-order valence-corrected chi connectivity index (χ0v) is 27.2. The summed E-state index contributed by atoms with van der Waals surface area (Å²) >= 11 is 0. The van der Waals surface area contributed by atoms with E-state index in [1.54, 1.807) is 13.8 Å². The van der Waals surface area contributed by atoms with Gasteiger partial charge in [-0.1, -0.05) is 13.8 Å². The van der Waals surface area contributed by atoms with Gasteiger partial charge in [0.15, 0.2) is 12.2 Å². The van der Waals surface area contributed by atoms with Gasteiger partial charge in [0.25, 0.3) is 0 Å². The molecule has 0 amide bonds. The van der Waals surface area contributed by atoms with E-state index in [1.807, 2.05) is 0 Å². The molecule has 6 nitrogen and oxygen atoms in total. The number of ether oxygens (including phenoxy) is 2. The Kier molecular flexibility index (Phi) is 7.87. The van der Waals surface area contributed by atoms with Crippen LogP contribution in [-0.4, -0.2) is 85.5 Å². The van der Waals surface area contributed by atoms with Gasteiger partial charge in [-0.25, -0.2) is 0 Å². The minimum absolute atomic E-state index is 0.0462. The standard InChI is InChI=1S/C35H60N2O4/c1-24(38)40-32-21-26-13-14-27-28(35(26,4)23-31(32)37(6)19-11-8-12-20-37)15-16-34(3)29(27)22-30(33(34)41-25(2)39)36(5)17-9-7-10-18-36/h26-33H,7-23H2,1-6H3/q+2/t26-,27-,28+,29+,30-,31-,32+,33-,34-,35-/m0/s1. The Morgan fingerprint density at radius 1 is 0.683 bits per heavy atom. The topological polar surface area (TPSA) is 52.6 Å². The van der Waals surface area contributed by atoms with Crippen molar-refractivity contribution in [3.63, 3.8) is 0 Å². The van der Waals surface area contributed by atoms with Crippen molar-refractivity contribution in [3.8, 4) is 0 Å². The summed E-state index contributed by atoms with van der Waals surface area (Å²) in [5.74, 6) is 2.52. The van der Waals surface area contributed by atoms with Crippen LogP contribution < -0.4 is 0 Å². The van der Waals surface area contributed by atoms with E-state index in [-0.39, 0.29) is 29.6 Å². The lowest BCUT2D eigenvalue weighted by Crippen LogP contribution is -2.66. The van der Waals surface area contributed by atoms with E-state index < -0.39 is 0 Å². The highest BCUT2D eigenvalue weighted by Gasteiger charge is 2.68. The van der Waals surface area contributed by atoms with Crippen LogP contribution in [0.5, 0.6) is 0 Å². The van der Waals surface area contributed by atoms with Gasteiger partial charge in [0, 0.05) is 32.1 Å². The number of hydrogen-bond donors (Lipinski definition) is 0. The van der Waals surface area contributed by atoms with Gasteiger partial charge >= 0.3 is 11.9 Å². The number of hydrogen-bond acceptors (Lipinski definition) is 4. The number of likely N-dealkylation sites (N-methyl/N-ethyl adjacent to an activating group) is 2. The van der Waals surface area contributed by atoms with E-state index in [0.29, 0.717) is 35.3 Å². The first kappa shape index (κ1) is 29.9. The van der Waals surface area contributed by atoms with Crippen LogP contribution in [0.3, 0.4) is 0 Å². The molecule has 6 aliphatic rings. The highest BCUT2D eigenvalue weighted by atomic mass is 16.5. The number of fused-ring (bicyclic) bond motifs is 5. The second-order valence-electron chi connectivity index (χ2n) is 16.7. The third-order valence-corrected chi connectivity index (χ3v) is 14.5. The SMILES string of the molecule is CC(=O)O[C@@H]1C[C@@H]2CC[C@H]3[C@@H](CC[C@@]4(C)[C@@H]3C[C@H]([N+]3(C)CCCCC3)[C@@H]4OC(C)=O)[C@@]2(C)C[C@@H]1[N+]1(C)CCCCC1. The molecule has 6 rings (SSSR count). The number of nitrogens with zero attached hydrogens (tertiary/aromatic N) is 2. The van der Waals surface area contributed by atoms with Crippen molar-refractivity contribution >= 4 is 11.9 Å². The Morgan fingerprint density at radius 3 is 1.85 bits per heavy atom. The lowest BCUT2D eigenvalue weighted by molar-refractivity contribution is -0.943. The lowest BCUT2D eigenvalue weighted by atomic mass is 9.44. The van der Waals surface area contributed by atoms with Gasteiger partial charge in [0.05, 0.1) is 40.3 Å². The maximum atomic E-state index is 12.5. The molecule has 0 unspecified atom stereocenters. The van der Waals surface area contributed by atoms with Crippen LogP contribution >= 0.6 is 0 Å². The third kappa shape index (κ3) is 4.99. The first-order valence-corrected chi connectivity index (χ1v) is 17.4. The summed E-state index contributed by atoms with van der Waals surface area (Å²) in [4.78, 5) is 24.8. The van der Waals surface area contributed by atoms with Crippen molar-refractivity contribution in [2.75, 3.05) is 40.3 Å². The summed E-state index contributed by atoms with van der Waals surface area (Å²) in [6, 6.07) is 0.846. The van der Waals surface area contributed by atoms with Crippen LogP contribution in [0.4, 0.5) is 0 Å². The Bertz CT molecular complexity index is 1000. The second-order valence-corrected chi connectivity index (χ2v) is 16.7. The number of piperidine rings is 2. The predicted octanol–water partition coefficient (Wildman–Crippen LogP) is 6.11. The number of rotatable bonds is 4. The molecule has 2 heterocycles. The first-order chi connectivity index (χ1) is 19.4. The van der Waals surface area contributed by atoms with Crippen molar-refractivity contribution in [3.05, 3.63) is 0 Å². The van der Waals surface area contributed by atoms with Gasteiger partial charge in [0.1, 0.15) is 12.1 Å². The average Bonchev–Trinajstić information content (AvgIpc) is 3.21. The molecule has 6 fully saturated rings. The molecule has 41 heavy (non-hydrogen) atoms. The van der Waals surface area contributed by atoms with Crippen LogP contribution in [0.15, 0.2) is 0 Å². The molecule has 0 aromatic heterocycles. The molecule has 0 N–H and O–H groups in total. The van der Waals surface area contributed by atoms with E-state index in [1.165, 1.54) is 103 Å². The maximum absolute atomic E-state index is 12.5. The van der Waals surface area contributed by atoms with Gasteiger partial charge in [-0.05, 0) is 99.7 Å². The fourth-order valence-electron chi connectivity index (χ4n) is 12.3. The monoisotopic (exact) mass is 572 g/mol. The van der Waals surface area contributed by atoms with Crippen molar-refractivity contribution in [1.82, 2.24) is 0 Å². The number of quaternary nitrogens is 2. The summed E-state index contributed by atoms with van der Waals surface area (Å²) < 4.78 is 14.7. The number of carbonyl (C=O) groups excluding carboxylic acids is 2. The molecule has 0 spiro atoms. The van der Waals surface area contributed by atoms with Crippen LogP contribution in [0.1, 0.15) is 111 Å². The van der Waals surface area contributed by atoms with E-state index >= 15 is 0 Å². The first-order valence-electron chi connectivity index (χ1n) is 17.4. The summed E-state index contributed by atoms with van der Waals surface area (Å²) in [6.45, 7) is 13.3.